The van der Waals surface area contributed by atoms with Crippen molar-refractivity contribution in [3.05, 3.63) is 82.0 Å². The van der Waals surface area contributed by atoms with Gasteiger partial charge in [-0.2, -0.15) is 0 Å². The van der Waals surface area contributed by atoms with Crippen LogP contribution < -0.4 is 0 Å². The molecule has 4 rings (SSSR count). The molecule has 2 heterocycles. The van der Waals surface area contributed by atoms with E-state index in [4.69, 9.17) is 23.2 Å². The SMILES string of the molecule is Cc1nc(CS(=O)(=O)c2ccccc2Cl)c(F)cc1-c1cc(F)c2nc(Cl)ncc2c1. The summed E-state index contributed by atoms with van der Waals surface area (Å²) >= 11 is 11.7. The van der Waals surface area contributed by atoms with Gasteiger partial charge in [0.15, 0.2) is 9.84 Å². The minimum absolute atomic E-state index is 0.0392. The van der Waals surface area contributed by atoms with Gasteiger partial charge in [-0.25, -0.2) is 27.2 Å². The Hall–Kier alpha value is -2.68. The van der Waals surface area contributed by atoms with Crippen LogP contribution >= 0.6 is 23.2 Å². The maximum absolute atomic E-state index is 14.8. The van der Waals surface area contributed by atoms with E-state index in [0.717, 1.165) is 6.07 Å². The van der Waals surface area contributed by atoms with E-state index >= 15 is 0 Å². The molecule has 0 aliphatic carbocycles. The molecule has 2 aromatic heterocycles. The zero-order valence-electron chi connectivity index (χ0n) is 15.9. The van der Waals surface area contributed by atoms with Gasteiger partial charge in [0.2, 0.25) is 5.28 Å². The van der Waals surface area contributed by atoms with Crippen molar-refractivity contribution < 1.29 is 17.2 Å². The number of pyridine rings is 1. The van der Waals surface area contributed by atoms with Crippen LogP contribution in [0.2, 0.25) is 10.3 Å². The molecule has 0 amide bonds. The molecule has 0 spiro atoms. The van der Waals surface area contributed by atoms with Gasteiger partial charge >= 0.3 is 0 Å². The van der Waals surface area contributed by atoms with Gasteiger partial charge in [-0.1, -0.05) is 23.7 Å². The van der Waals surface area contributed by atoms with Crippen LogP contribution in [0.15, 0.2) is 53.6 Å². The summed E-state index contributed by atoms with van der Waals surface area (Å²) in [5.41, 5.74) is 0.779. The fourth-order valence-corrected chi connectivity index (χ4v) is 5.21. The highest BCUT2D eigenvalue weighted by molar-refractivity contribution is 7.90. The number of hydrogen-bond acceptors (Lipinski definition) is 5. The number of fused-ring (bicyclic) bond motifs is 1. The molecular formula is C21H13Cl2F2N3O2S. The van der Waals surface area contributed by atoms with Gasteiger partial charge in [0.1, 0.15) is 22.9 Å². The maximum atomic E-state index is 14.8. The second-order valence-corrected chi connectivity index (χ2v) is 9.48. The van der Waals surface area contributed by atoms with Crippen LogP contribution in [0.4, 0.5) is 8.78 Å². The van der Waals surface area contributed by atoms with Crippen LogP contribution in [-0.4, -0.2) is 23.4 Å². The molecule has 0 atom stereocenters. The third-order valence-electron chi connectivity index (χ3n) is 4.66. The topological polar surface area (TPSA) is 72.8 Å². The van der Waals surface area contributed by atoms with Gasteiger partial charge < -0.3 is 0 Å². The summed E-state index contributed by atoms with van der Waals surface area (Å²) in [4.78, 5) is 11.7. The summed E-state index contributed by atoms with van der Waals surface area (Å²) in [6.07, 6.45) is 1.36. The quantitative estimate of drug-likeness (QED) is 0.358. The van der Waals surface area contributed by atoms with E-state index in [2.05, 4.69) is 15.0 Å². The van der Waals surface area contributed by atoms with E-state index in [1.165, 1.54) is 30.5 Å². The highest BCUT2D eigenvalue weighted by Crippen LogP contribution is 2.30. The van der Waals surface area contributed by atoms with Crippen molar-refractivity contribution in [3.8, 4) is 11.1 Å². The van der Waals surface area contributed by atoms with Crippen LogP contribution in [0.5, 0.6) is 0 Å². The Balaban J connectivity index is 1.75. The summed E-state index contributed by atoms with van der Waals surface area (Å²) in [5.74, 6) is -2.15. The Morgan fingerprint density at radius 2 is 1.74 bits per heavy atom. The molecule has 0 fully saturated rings. The first-order valence-electron chi connectivity index (χ1n) is 8.91. The van der Waals surface area contributed by atoms with Crippen molar-refractivity contribution in [1.82, 2.24) is 15.0 Å². The first-order valence-corrected chi connectivity index (χ1v) is 11.3. The molecule has 0 saturated carbocycles. The molecule has 10 heteroatoms. The van der Waals surface area contributed by atoms with E-state index in [0.29, 0.717) is 22.2 Å². The molecule has 5 nitrogen and oxygen atoms in total. The van der Waals surface area contributed by atoms with Gasteiger partial charge in [-0.15, -0.1) is 0 Å². The molecule has 0 aliphatic rings. The number of aromatic nitrogens is 3. The van der Waals surface area contributed by atoms with Crippen LogP contribution in [0.25, 0.3) is 22.0 Å². The zero-order chi connectivity index (χ0) is 22.3. The number of benzene rings is 2. The minimum atomic E-state index is -3.92. The normalized spacial score (nSPS) is 11.8. The zero-order valence-corrected chi connectivity index (χ0v) is 18.2. The predicted octanol–water partition coefficient (Wildman–Crippen LogP) is 5.56. The first-order chi connectivity index (χ1) is 14.7. The lowest BCUT2D eigenvalue weighted by molar-refractivity contribution is 0.582. The van der Waals surface area contributed by atoms with Crippen molar-refractivity contribution in [2.75, 3.05) is 0 Å². The van der Waals surface area contributed by atoms with Crippen molar-refractivity contribution >= 4 is 43.9 Å². The molecular weight excluding hydrogens is 467 g/mol. The number of rotatable bonds is 4. The standard InChI is InChI=1S/C21H13Cl2F2N3O2S/c1-11-14(12-6-13-9-26-21(23)28-20(13)17(25)7-12)8-16(24)18(27-11)10-31(29,30)19-5-3-2-4-15(19)22/h2-9H,10H2,1H3. The van der Waals surface area contributed by atoms with Crippen LogP contribution in [0.1, 0.15) is 11.4 Å². The lowest BCUT2D eigenvalue weighted by atomic mass is 10.0. The highest BCUT2D eigenvalue weighted by Gasteiger charge is 2.23. The smallest absolute Gasteiger partial charge is 0.223 e. The Morgan fingerprint density at radius 3 is 2.48 bits per heavy atom. The number of hydrogen-bond donors (Lipinski definition) is 0. The summed E-state index contributed by atoms with van der Waals surface area (Å²) in [6.45, 7) is 1.58. The van der Waals surface area contributed by atoms with Crippen molar-refractivity contribution in [3.63, 3.8) is 0 Å². The Bertz CT molecular complexity index is 1450. The van der Waals surface area contributed by atoms with Gasteiger partial charge in [0.05, 0.1) is 15.6 Å². The molecule has 2 aromatic carbocycles. The van der Waals surface area contributed by atoms with Gasteiger partial charge in [-0.05, 0) is 54.4 Å². The lowest BCUT2D eigenvalue weighted by Gasteiger charge is -2.12. The number of aryl methyl sites for hydroxylation is 1. The second kappa shape index (κ2) is 8.11. The van der Waals surface area contributed by atoms with Gasteiger partial charge in [0, 0.05) is 22.8 Å². The van der Waals surface area contributed by atoms with Gasteiger partial charge in [0.25, 0.3) is 0 Å². The monoisotopic (exact) mass is 479 g/mol. The van der Waals surface area contributed by atoms with E-state index in [1.807, 2.05) is 0 Å². The summed E-state index contributed by atoms with van der Waals surface area (Å²) < 4.78 is 54.7. The number of sulfone groups is 1. The van der Waals surface area contributed by atoms with E-state index in [9.17, 15) is 17.2 Å². The molecule has 0 bridgehead atoms. The van der Waals surface area contributed by atoms with Crippen LogP contribution in [0.3, 0.4) is 0 Å². The predicted molar refractivity (Wildman–Crippen MR) is 115 cm³/mol. The van der Waals surface area contributed by atoms with E-state index in [-0.39, 0.29) is 26.4 Å². The van der Waals surface area contributed by atoms with Crippen LogP contribution in [-0.2, 0) is 15.6 Å². The fourth-order valence-electron chi connectivity index (χ4n) is 3.21. The number of halogens is 4. The minimum Gasteiger partial charge on any atom is -0.253 e. The second-order valence-electron chi connectivity index (χ2n) is 6.77. The summed E-state index contributed by atoms with van der Waals surface area (Å²) in [7, 11) is -3.92. The highest BCUT2D eigenvalue weighted by atomic mass is 35.5. The fraction of sp³-hybridized carbons (Fsp3) is 0.0952. The molecule has 0 radical (unpaired) electrons. The van der Waals surface area contributed by atoms with Crippen molar-refractivity contribution in [1.29, 1.82) is 0 Å². The van der Waals surface area contributed by atoms with E-state index < -0.39 is 27.2 Å². The lowest BCUT2D eigenvalue weighted by Crippen LogP contribution is -2.10. The maximum Gasteiger partial charge on any atom is 0.223 e. The third-order valence-corrected chi connectivity index (χ3v) is 6.96. The molecule has 0 N–H and O–H groups in total. The molecule has 4 aromatic rings. The molecule has 0 saturated heterocycles. The molecule has 0 unspecified atom stereocenters. The molecule has 31 heavy (non-hydrogen) atoms. The van der Waals surface area contributed by atoms with E-state index in [1.54, 1.807) is 19.1 Å². The number of nitrogens with zero attached hydrogens (tertiary/aromatic N) is 3. The average Bonchev–Trinajstić information content (AvgIpc) is 2.71. The Labute approximate surface area is 186 Å². The van der Waals surface area contributed by atoms with Gasteiger partial charge in [-0.3, -0.25) is 4.98 Å². The molecule has 158 valence electrons. The average molecular weight is 480 g/mol. The first kappa shape index (κ1) is 21.5. The Morgan fingerprint density at radius 1 is 1.00 bits per heavy atom. The summed E-state index contributed by atoms with van der Waals surface area (Å²) in [5, 5.41) is 0.335. The molecule has 0 aliphatic heterocycles. The third kappa shape index (κ3) is 4.23. The largest absolute Gasteiger partial charge is 0.253 e. The summed E-state index contributed by atoms with van der Waals surface area (Å²) in [6, 6.07) is 9.83. The Kier molecular flexibility index (Phi) is 5.63. The van der Waals surface area contributed by atoms with Crippen molar-refractivity contribution in [2.45, 2.75) is 17.6 Å². The van der Waals surface area contributed by atoms with Crippen LogP contribution in [0, 0.1) is 18.6 Å². The van der Waals surface area contributed by atoms with Crippen molar-refractivity contribution in [2.24, 2.45) is 0 Å².